The fourth-order valence-corrected chi connectivity index (χ4v) is 3.17. The van der Waals surface area contributed by atoms with Crippen LogP contribution in [0.25, 0.3) is 5.69 Å². The maximum absolute atomic E-state index is 12.6. The molecule has 0 bridgehead atoms. The fourth-order valence-electron chi connectivity index (χ4n) is 3.04. The smallest absolute Gasteiger partial charge is 0.272 e. The molecule has 0 saturated carbocycles. The lowest BCUT2D eigenvalue weighted by molar-refractivity contribution is 0.0932. The van der Waals surface area contributed by atoms with E-state index < -0.39 is 0 Å². The van der Waals surface area contributed by atoms with E-state index in [0.717, 1.165) is 11.3 Å². The second-order valence-corrected chi connectivity index (χ2v) is 7.28. The molecule has 6 nitrogen and oxygen atoms in total. The van der Waals surface area contributed by atoms with Gasteiger partial charge in [0, 0.05) is 29.3 Å². The number of carbonyl (C=O) groups excluding carboxylic acids is 1. The summed E-state index contributed by atoms with van der Waals surface area (Å²) in [7, 11) is 0. The first kappa shape index (κ1) is 19.8. The van der Waals surface area contributed by atoms with Crippen LogP contribution in [-0.4, -0.2) is 20.3 Å². The van der Waals surface area contributed by atoms with Gasteiger partial charge in [0.05, 0.1) is 6.04 Å². The van der Waals surface area contributed by atoms with Gasteiger partial charge in [0.2, 0.25) is 0 Å². The Morgan fingerprint density at radius 3 is 2.60 bits per heavy atom. The first-order valence-corrected chi connectivity index (χ1v) is 9.92. The Labute approximate surface area is 179 Å². The van der Waals surface area contributed by atoms with Gasteiger partial charge in [-0.2, -0.15) is 5.10 Å². The van der Waals surface area contributed by atoms with Crippen molar-refractivity contribution in [2.75, 3.05) is 0 Å². The summed E-state index contributed by atoms with van der Waals surface area (Å²) in [4.78, 5) is 12.6. The van der Waals surface area contributed by atoms with Gasteiger partial charge in [0.15, 0.2) is 6.73 Å². The average molecular weight is 421 g/mol. The van der Waals surface area contributed by atoms with Crippen LogP contribution in [0.15, 0.2) is 85.3 Å². The Bertz CT molecular complexity index is 1120. The predicted octanol–water partition coefficient (Wildman–Crippen LogP) is 4.85. The number of nitrogens with zero attached hydrogens (tertiary/aromatic N) is 3. The number of carbonyl (C=O) groups is 1. The summed E-state index contributed by atoms with van der Waals surface area (Å²) in [6.45, 7) is 2.15. The van der Waals surface area contributed by atoms with Crippen LogP contribution in [0.2, 0.25) is 5.02 Å². The molecule has 1 N–H and O–H groups in total. The highest BCUT2D eigenvalue weighted by Crippen LogP contribution is 2.18. The van der Waals surface area contributed by atoms with Crippen molar-refractivity contribution in [3.63, 3.8) is 0 Å². The van der Waals surface area contributed by atoms with E-state index >= 15 is 0 Å². The number of hydrogen-bond acceptors (Lipinski definition) is 3. The molecule has 4 rings (SSSR count). The Balaban J connectivity index is 1.37. The van der Waals surface area contributed by atoms with Gasteiger partial charge in [-0.25, -0.2) is 4.68 Å². The van der Waals surface area contributed by atoms with Gasteiger partial charge in [-0.1, -0.05) is 23.7 Å². The van der Waals surface area contributed by atoms with Gasteiger partial charge in [0.1, 0.15) is 11.4 Å². The van der Waals surface area contributed by atoms with E-state index in [1.54, 1.807) is 41.2 Å². The molecule has 1 amide bonds. The molecule has 30 heavy (non-hydrogen) atoms. The third-order valence-corrected chi connectivity index (χ3v) is 4.92. The van der Waals surface area contributed by atoms with Crippen LogP contribution in [0, 0.1) is 0 Å². The van der Waals surface area contributed by atoms with Crippen LogP contribution < -0.4 is 10.1 Å². The van der Waals surface area contributed by atoms with E-state index in [1.807, 2.05) is 54.2 Å². The monoisotopic (exact) mass is 420 g/mol. The second-order valence-electron chi connectivity index (χ2n) is 6.85. The minimum absolute atomic E-state index is 0.163. The lowest BCUT2D eigenvalue weighted by atomic mass is 10.1. The van der Waals surface area contributed by atoms with E-state index in [1.165, 1.54) is 0 Å². The molecule has 7 heteroatoms. The summed E-state index contributed by atoms with van der Waals surface area (Å²) in [5.41, 5.74) is 2.39. The lowest BCUT2D eigenvalue weighted by Crippen LogP contribution is -2.27. The summed E-state index contributed by atoms with van der Waals surface area (Å²) in [5.74, 6) is 0.441. The molecule has 0 fully saturated rings. The van der Waals surface area contributed by atoms with Gasteiger partial charge in [-0.3, -0.25) is 4.79 Å². The summed E-state index contributed by atoms with van der Waals surface area (Å²) >= 11 is 5.87. The number of halogens is 1. The molecule has 1 unspecified atom stereocenters. The van der Waals surface area contributed by atoms with Gasteiger partial charge in [-0.15, -0.1) is 0 Å². The third-order valence-electron chi connectivity index (χ3n) is 4.67. The van der Waals surface area contributed by atoms with Crippen LogP contribution in [0.4, 0.5) is 0 Å². The van der Waals surface area contributed by atoms with E-state index in [2.05, 4.69) is 16.5 Å². The van der Waals surface area contributed by atoms with Crippen molar-refractivity contribution in [3.05, 3.63) is 102 Å². The molecule has 152 valence electrons. The van der Waals surface area contributed by atoms with E-state index in [9.17, 15) is 4.79 Å². The molecule has 0 aliphatic carbocycles. The molecule has 2 aromatic carbocycles. The normalized spacial score (nSPS) is 11.8. The van der Waals surface area contributed by atoms with Crippen LogP contribution >= 0.6 is 11.6 Å². The van der Waals surface area contributed by atoms with E-state index in [-0.39, 0.29) is 18.7 Å². The van der Waals surface area contributed by atoms with Crippen LogP contribution in [0.1, 0.15) is 29.0 Å². The third kappa shape index (κ3) is 4.72. The number of amides is 1. The Morgan fingerprint density at radius 1 is 1.07 bits per heavy atom. The van der Waals surface area contributed by atoms with Crippen molar-refractivity contribution in [1.29, 1.82) is 0 Å². The van der Waals surface area contributed by atoms with E-state index in [4.69, 9.17) is 16.3 Å². The van der Waals surface area contributed by atoms with Crippen LogP contribution in [0.5, 0.6) is 5.75 Å². The molecule has 0 saturated heterocycles. The molecule has 0 spiro atoms. The highest BCUT2D eigenvalue weighted by atomic mass is 35.5. The van der Waals surface area contributed by atoms with Crippen molar-refractivity contribution in [2.24, 2.45) is 0 Å². The summed E-state index contributed by atoms with van der Waals surface area (Å²) < 4.78 is 9.25. The zero-order valence-corrected chi connectivity index (χ0v) is 17.2. The Hall–Kier alpha value is -3.51. The molecule has 0 aliphatic heterocycles. The van der Waals surface area contributed by atoms with Gasteiger partial charge in [0.25, 0.3) is 5.91 Å². The molecule has 1 atom stereocenters. The molecule has 2 heterocycles. The van der Waals surface area contributed by atoms with Gasteiger partial charge >= 0.3 is 0 Å². The van der Waals surface area contributed by atoms with E-state index in [0.29, 0.717) is 16.5 Å². The Kier molecular flexibility index (Phi) is 5.86. The maximum Gasteiger partial charge on any atom is 0.272 e. The molecular formula is C23H21ClN4O2. The zero-order valence-electron chi connectivity index (χ0n) is 16.4. The average Bonchev–Trinajstić information content (AvgIpc) is 3.46. The number of ether oxygens (including phenoxy) is 1. The minimum atomic E-state index is -0.237. The van der Waals surface area contributed by atoms with Gasteiger partial charge < -0.3 is 14.6 Å². The summed E-state index contributed by atoms with van der Waals surface area (Å²) in [6, 6.07) is 20.6. The second kappa shape index (κ2) is 8.88. The Morgan fingerprint density at radius 2 is 1.83 bits per heavy atom. The maximum atomic E-state index is 12.6. The standard InChI is InChI=1S/C23H21ClN4O2/c1-17(18-5-4-6-20(15-18)27-12-2-3-13-27)25-23(29)22-11-14-28(26-22)16-30-21-9-7-19(24)8-10-21/h2-15,17H,16H2,1H3,(H,25,29). The quantitative estimate of drug-likeness (QED) is 0.464. The number of hydrogen-bond donors (Lipinski definition) is 1. The molecule has 2 aromatic heterocycles. The van der Waals surface area contributed by atoms with Crippen molar-refractivity contribution in [1.82, 2.24) is 19.7 Å². The molecule has 4 aromatic rings. The number of aromatic nitrogens is 3. The zero-order chi connectivity index (χ0) is 20.9. The lowest BCUT2D eigenvalue weighted by Gasteiger charge is -2.15. The molecule has 0 aliphatic rings. The highest BCUT2D eigenvalue weighted by Gasteiger charge is 2.14. The number of nitrogens with one attached hydrogen (secondary N) is 1. The van der Waals surface area contributed by atoms with Crippen molar-refractivity contribution < 1.29 is 9.53 Å². The van der Waals surface area contributed by atoms with Crippen molar-refractivity contribution >= 4 is 17.5 Å². The molecular weight excluding hydrogens is 400 g/mol. The molecule has 0 radical (unpaired) electrons. The first-order valence-electron chi connectivity index (χ1n) is 9.54. The number of benzene rings is 2. The largest absolute Gasteiger partial charge is 0.471 e. The summed E-state index contributed by atoms with van der Waals surface area (Å²) in [6.07, 6.45) is 5.68. The highest BCUT2D eigenvalue weighted by molar-refractivity contribution is 6.30. The predicted molar refractivity (Wildman–Crippen MR) is 116 cm³/mol. The van der Waals surface area contributed by atoms with Crippen molar-refractivity contribution in [3.8, 4) is 11.4 Å². The SMILES string of the molecule is CC(NC(=O)c1ccn(COc2ccc(Cl)cc2)n1)c1cccc(-n2cccc2)c1. The summed E-state index contributed by atoms with van der Waals surface area (Å²) in [5, 5.41) is 7.94. The first-order chi connectivity index (χ1) is 14.6. The topological polar surface area (TPSA) is 61.1 Å². The van der Waals surface area contributed by atoms with Crippen LogP contribution in [0.3, 0.4) is 0 Å². The van der Waals surface area contributed by atoms with Crippen molar-refractivity contribution in [2.45, 2.75) is 19.7 Å². The minimum Gasteiger partial charge on any atom is -0.471 e. The van der Waals surface area contributed by atoms with Crippen LogP contribution in [-0.2, 0) is 6.73 Å². The number of rotatable bonds is 7. The fraction of sp³-hybridized carbons (Fsp3) is 0.130. The van der Waals surface area contributed by atoms with Gasteiger partial charge in [-0.05, 0) is 67.1 Å².